The third kappa shape index (κ3) is 0.969. The molecule has 1 aliphatic rings. The fraction of sp³-hybridized carbons (Fsp3) is 0.333. The predicted molar refractivity (Wildman–Crippen MR) is 57.8 cm³/mol. The van der Waals surface area contributed by atoms with Crippen molar-refractivity contribution < 1.29 is 4.42 Å². The zero-order valence-electron chi connectivity index (χ0n) is 8.29. The van der Waals surface area contributed by atoms with Crippen molar-refractivity contribution in [1.82, 2.24) is 0 Å². The van der Waals surface area contributed by atoms with Crippen LogP contribution in [0.25, 0.3) is 11.0 Å². The molecule has 0 radical (unpaired) electrons. The van der Waals surface area contributed by atoms with Gasteiger partial charge in [-0.25, -0.2) is 0 Å². The highest BCUT2D eigenvalue weighted by Crippen LogP contribution is 2.33. The highest BCUT2D eigenvalue weighted by atomic mass is 16.4. The maximum atomic E-state index is 5.83. The van der Waals surface area contributed by atoms with Gasteiger partial charge in [0.15, 0.2) is 5.88 Å². The molecule has 72 valence electrons. The summed E-state index contributed by atoms with van der Waals surface area (Å²) < 4.78 is 5.83. The Morgan fingerprint density at radius 3 is 2.64 bits per heavy atom. The van der Waals surface area contributed by atoms with Crippen molar-refractivity contribution in [2.75, 3.05) is 18.0 Å². The van der Waals surface area contributed by atoms with Crippen LogP contribution in [0.2, 0.25) is 0 Å². The van der Waals surface area contributed by atoms with Gasteiger partial charge in [0, 0.05) is 24.0 Å². The van der Waals surface area contributed by atoms with Gasteiger partial charge in [0.2, 0.25) is 0 Å². The topological polar surface area (TPSA) is 16.4 Å². The molecule has 2 aromatic rings. The molecule has 0 N–H and O–H groups in total. The van der Waals surface area contributed by atoms with Crippen LogP contribution in [-0.4, -0.2) is 13.1 Å². The predicted octanol–water partition coefficient (Wildman–Crippen LogP) is 2.95. The Morgan fingerprint density at radius 1 is 1.21 bits per heavy atom. The molecule has 1 saturated heterocycles. The fourth-order valence-electron chi connectivity index (χ4n) is 1.98. The van der Waals surface area contributed by atoms with Crippen LogP contribution in [0, 0.1) is 6.92 Å². The van der Waals surface area contributed by atoms with E-state index in [1.807, 2.05) is 12.1 Å². The first-order valence-electron chi connectivity index (χ1n) is 5.09. The smallest absolute Gasteiger partial charge is 0.199 e. The highest BCUT2D eigenvalue weighted by Gasteiger charge is 2.21. The van der Waals surface area contributed by atoms with Gasteiger partial charge >= 0.3 is 0 Å². The van der Waals surface area contributed by atoms with Crippen molar-refractivity contribution in [3.05, 3.63) is 29.8 Å². The second kappa shape index (κ2) is 2.77. The second-order valence-corrected chi connectivity index (χ2v) is 3.87. The minimum atomic E-state index is 1.01. The number of furan rings is 1. The number of benzene rings is 1. The van der Waals surface area contributed by atoms with E-state index < -0.39 is 0 Å². The van der Waals surface area contributed by atoms with Gasteiger partial charge in [0.05, 0.1) is 0 Å². The third-order valence-electron chi connectivity index (χ3n) is 2.96. The molecule has 0 bridgehead atoms. The van der Waals surface area contributed by atoms with Gasteiger partial charge in [0.25, 0.3) is 0 Å². The summed E-state index contributed by atoms with van der Waals surface area (Å²) in [5.74, 6) is 1.07. The van der Waals surface area contributed by atoms with Crippen molar-refractivity contribution in [2.45, 2.75) is 13.3 Å². The summed E-state index contributed by atoms with van der Waals surface area (Å²) in [5.41, 5.74) is 2.28. The molecule has 1 aromatic heterocycles. The van der Waals surface area contributed by atoms with Gasteiger partial charge in [-0.1, -0.05) is 18.2 Å². The lowest BCUT2D eigenvalue weighted by Crippen LogP contribution is -2.37. The van der Waals surface area contributed by atoms with E-state index in [2.05, 4.69) is 24.0 Å². The summed E-state index contributed by atoms with van der Waals surface area (Å²) in [6.07, 6.45) is 1.29. The molecule has 2 heterocycles. The van der Waals surface area contributed by atoms with Crippen molar-refractivity contribution in [2.24, 2.45) is 0 Å². The lowest BCUT2D eigenvalue weighted by atomic mass is 10.1. The number of rotatable bonds is 1. The van der Waals surface area contributed by atoms with E-state index in [1.165, 1.54) is 17.4 Å². The van der Waals surface area contributed by atoms with Gasteiger partial charge in [-0.3, -0.25) is 0 Å². The van der Waals surface area contributed by atoms with Gasteiger partial charge in [0.1, 0.15) is 5.58 Å². The number of fused-ring (bicyclic) bond motifs is 1. The van der Waals surface area contributed by atoms with Crippen molar-refractivity contribution in [3.63, 3.8) is 0 Å². The van der Waals surface area contributed by atoms with Crippen LogP contribution in [0.5, 0.6) is 0 Å². The van der Waals surface area contributed by atoms with Crippen LogP contribution in [0.1, 0.15) is 12.0 Å². The van der Waals surface area contributed by atoms with Gasteiger partial charge in [-0.15, -0.1) is 0 Å². The number of aryl methyl sites for hydroxylation is 1. The summed E-state index contributed by atoms with van der Waals surface area (Å²) in [5, 5.41) is 1.24. The minimum absolute atomic E-state index is 1.01. The molecule has 1 aliphatic heterocycles. The quantitative estimate of drug-likeness (QED) is 0.682. The SMILES string of the molecule is Cc1c(N2CCC2)oc2ccccc12. The largest absolute Gasteiger partial charge is 0.440 e. The molecular formula is C12H13NO. The normalized spacial score (nSPS) is 15.9. The van der Waals surface area contributed by atoms with E-state index in [1.54, 1.807) is 0 Å². The van der Waals surface area contributed by atoms with Crippen LogP contribution in [0.15, 0.2) is 28.7 Å². The number of nitrogens with zero attached hydrogens (tertiary/aromatic N) is 1. The Labute approximate surface area is 83.1 Å². The molecule has 0 unspecified atom stereocenters. The van der Waals surface area contributed by atoms with E-state index >= 15 is 0 Å². The Morgan fingerprint density at radius 2 is 2.00 bits per heavy atom. The van der Waals surface area contributed by atoms with Crippen LogP contribution < -0.4 is 4.90 Å². The zero-order valence-corrected chi connectivity index (χ0v) is 8.29. The highest BCUT2D eigenvalue weighted by molar-refractivity contribution is 5.85. The average Bonchev–Trinajstić information content (AvgIpc) is 2.43. The van der Waals surface area contributed by atoms with E-state index in [4.69, 9.17) is 4.42 Å². The van der Waals surface area contributed by atoms with Gasteiger partial charge in [-0.05, 0) is 19.4 Å². The Hall–Kier alpha value is -1.44. The summed E-state index contributed by atoms with van der Waals surface area (Å²) in [6, 6.07) is 8.24. The first-order valence-corrected chi connectivity index (χ1v) is 5.09. The van der Waals surface area contributed by atoms with E-state index in [0.717, 1.165) is 24.6 Å². The monoisotopic (exact) mass is 187 g/mol. The number of anilines is 1. The van der Waals surface area contributed by atoms with E-state index in [-0.39, 0.29) is 0 Å². The fourth-order valence-corrected chi connectivity index (χ4v) is 1.98. The second-order valence-electron chi connectivity index (χ2n) is 3.87. The minimum Gasteiger partial charge on any atom is -0.440 e. The number of hydrogen-bond donors (Lipinski definition) is 0. The molecular weight excluding hydrogens is 174 g/mol. The van der Waals surface area contributed by atoms with Gasteiger partial charge in [-0.2, -0.15) is 0 Å². The number of hydrogen-bond acceptors (Lipinski definition) is 2. The van der Waals surface area contributed by atoms with Crippen molar-refractivity contribution >= 4 is 16.9 Å². The summed E-state index contributed by atoms with van der Waals surface area (Å²) in [6.45, 7) is 4.42. The molecule has 0 amide bonds. The maximum absolute atomic E-state index is 5.83. The van der Waals surface area contributed by atoms with Gasteiger partial charge < -0.3 is 9.32 Å². The van der Waals surface area contributed by atoms with Crippen molar-refractivity contribution in [3.8, 4) is 0 Å². The van der Waals surface area contributed by atoms with Crippen LogP contribution in [0.3, 0.4) is 0 Å². The Balaban J connectivity index is 2.19. The standard InChI is InChI=1S/C12H13NO/c1-9-10-5-2-3-6-11(10)14-12(9)13-7-4-8-13/h2-3,5-6H,4,7-8H2,1H3. The zero-order chi connectivity index (χ0) is 9.54. The van der Waals surface area contributed by atoms with E-state index in [0.29, 0.717) is 0 Å². The molecule has 2 nitrogen and oxygen atoms in total. The van der Waals surface area contributed by atoms with E-state index in [9.17, 15) is 0 Å². The third-order valence-corrected chi connectivity index (χ3v) is 2.96. The van der Waals surface area contributed by atoms with Crippen molar-refractivity contribution in [1.29, 1.82) is 0 Å². The first kappa shape index (κ1) is 7.92. The van der Waals surface area contributed by atoms with Crippen LogP contribution >= 0.6 is 0 Å². The molecule has 0 atom stereocenters. The van der Waals surface area contributed by atoms with Crippen LogP contribution in [-0.2, 0) is 0 Å². The Bertz CT molecular complexity index is 468. The Kier molecular flexibility index (Phi) is 1.57. The molecule has 14 heavy (non-hydrogen) atoms. The molecule has 0 spiro atoms. The molecule has 1 aromatic carbocycles. The molecule has 3 rings (SSSR count). The summed E-state index contributed by atoms with van der Waals surface area (Å²) >= 11 is 0. The lowest BCUT2D eigenvalue weighted by Gasteiger charge is -2.31. The lowest BCUT2D eigenvalue weighted by molar-refractivity contribution is 0.520. The maximum Gasteiger partial charge on any atom is 0.199 e. The molecule has 1 fully saturated rings. The summed E-state index contributed by atoms with van der Waals surface area (Å²) in [4.78, 5) is 2.30. The number of para-hydroxylation sites is 1. The first-order chi connectivity index (χ1) is 6.86. The summed E-state index contributed by atoms with van der Waals surface area (Å²) in [7, 11) is 0. The molecule has 0 saturated carbocycles. The van der Waals surface area contributed by atoms with Crippen LogP contribution in [0.4, 0.5) is 5.88 Å². The average molecular weight is 187 g/mol. The molecule has 2 heteroatoms. The molecule has 0 aliphatic carbocycles.